The molecule has 1 amide bonds. The molecular weight excluding hydrogens is 290 g/mol. The fraction of sp³-hybridized carbons (Fsp3) is 0.111. The van der Waals surface area contributed by atoms with Crippen LogP contribution in [0.4, 0.5) is 0 Å². The molecule has 0 atom stereocenters. The van der Waals surface area contributed by atoms with Crippen LogP contribution in [-0.2, 0) is 7.05 Å². The zero-order valence-corrected chi connectivity index (χ0v) is 13.0. The highest BCUT2D eigenvalue weighted by Crippen LogP contribution is 2.20. The molecule has 0 radical (unpaired) electrons. The first-order valence-electron chi connectivity index (χ1n) is 7.20. The number of rotatable bonds is 4. The number of hydrazone groups is 1. The molecule has 0 fully saturated rings. The van der Waals surface area contributed by atoms with Crippen molar-refractivity contribution in [3.8, 4) is 5.75 Å². The van der Waals surface area contributed by atoms with Gasteiger partial charge in [0.15, 0.2) is 0 Å². The summed E-state index contributed by atoms with van der Waals surface area (Å²) >= 11 is 0. The van der Waals surface area contributed by atoms with Gasteiger partial charge in [0.2, 0.25) is 0 Å². The van der Waals surface area contributed by atoms with Crippen LogP contribution in [0.15, 0.2) is 59.8 Å². The third-order valence-electron chi connectivity index (χ3n) is 3.64. The van der Waals surface area contributed by atoms with Gasteiger partial charge in [-0.05, 0) is 35.9 Å². The Bertz CT molecular complexity index is 864. The number of benzene rings is 2. The lowest BCUT2D eigenvalue weighted by molar-refractivity contribution is 0.0956. The number of methoxy groups -OCH3 is 1. The largest absolute Gasteiger partial charge is 0.497 e. The van der Waals surface area contributed by atoms with Gasteiger partial charge in [-0.1, -0.05) is 18.2 Å². The van der Waals surface area contributed by atoms with E-state index in [1.807, 2.05) is 66.3 Å². The Morgan fingerprint density at radius 1 is 1.17 bits per heavy atom. The van der Waals surface area contributed by atoms with E-state index in [-0.39, 0.29) is 5.91 Å². The van der Waals surface area contributed by atoms with E-state index in [1.54, 1.807) is 13.3 Å². The van der Waals surface area contributed by atoms with Crippen molar-refractivity contribution in [2.24, 2.45) is 12.1 Å². The summed E-state index contributed by atoms with van der Waals surface area (Å²) in [5.41, 5.74) is 5.06. The van der Waals surface area contributed by atoms with Crippen molar-refractivity contribution in [1.29, 1.82) is 0 Å². The maximum atomic E-state index is 12.3. The molecule has 2 aromatic carbocycles. The van der Waals surface area contributed by atoms with E-state index in [1.165, 1.54) is 0 Å². The van der Waals surface area contributed by atoms with Crippen LogP contribution in [0.25, 0.3) is 10.9 Å². The molecule has 23 heavy (non-hydrogen) atoms. The first-order chi connectivity index (χ1) is 11.2. The molecule has 0 saturated carbocycles. The number of nitrogens with one attached hydrogen (secondary N) is 1. The molecule has 1 aromatic heterocycles. The summed E-state index contributed by atoms with van der Waals surface area (Å²) in [6.45, 7) is 0. The molecule has 3 rings (SSSR count). The summed E-state index contributed by atoms with van der Waals surface area (Å²) < 4.78 is 7.02. The number of hydrogen-bond acceptors (Lipinski definition) is 3. The highest BCUT2D eigenvalue weighted by Gasteiger charge is 2.12. The smallest absolute Gasteiger partial charge is 0.273 e. The van der Waals surface area contributed by atoms with Gasteiger partial charge in [0, 0.05) is 24.1 Å². The second-order valence-corrected chi connectivity index (χ2v) is 5.14. The van der Waals surface area contributed by atoms with Crippen molar-refractivity contribution < 1.29 is 9.53 Å². The van der Waals surface area contributed by atoms with Crippen LogP contribution in [-0.4, -0.2) is 23.8 Å². The van der Waals surface area contributed by atoms with Gasteiger partial charge < -0.3 is 9.30 Å². The lowest BCUT2D eigenvalue weighted by Gasteiger charge is -2.00. The molecule has 0 spiro atoms. The van der Waals surface area contributed by atoms with Gasteiger partial charge in [0.05, 0.1) is 18.9 Å². The summed E-state index contributed by atoms with van der Waals surface area (Å²) in [6.07, 6.45) is 3.41. The summed E-state index contributed by atoms with van der Waals surface area (Å²) in [5, 5.41) is 4.92. The number of aromatic nitrogens is 1. The highest BCUT2D eigenvalue weighted by molar-refractivity contribution is 6.07. The van der Waals surface area contributed by atoms with Crippen molar-refractivity contribution in [2.45, 2.75) is 0 Å². The molecule has 0 aliphatic rings. The van der Waals surface area contributed by atoms with Gasteiger partial charge >= 0.3 is 0 Å². The fourth-order valence-corrected chi connectivity index (χ4v) is 2.44. The number of fused-ring (bicyclic) bond motifs is 1. The lowest BCUT2D eigenvalue weighted by Crippen LogP contribution is -2.17. The number of para-hydroxylation sites is 1. The first kappa shape index (κ1) is 14.8. The molecule has 0 unspecified atom stereocenters. The van der Waals surface area contributed by atoms with E-state index in [0.717, 1.165) is 22.2 Å². The van der Waals surface area contributed by atoms with Crippen molar-refractivity contribution >= 4 is 23.0 Å². The zero-order valence-electron chi connectivity index (χ0n) is 13.0. The Labute approximate surface area is 134 Å². The topological polar surface area (TPSA) is 55.6 Å². The standard InChI is InChI=1S/C18H17N3O2/c1-21-12-16(15-5-3-4-6-17(15)21)18(22)20-19-11-13-7-9-14(23-2)10-8-13/h3-12H,1-2H3,(H,20,22)/b19-11-. The molecule has 1 heterocycles. The second-order valence-electron chi connectivity index (χ2n) is 5.14. The normalized spacial score (nSPS) is 11.0. The Morgan fingerprint density at radius 3 is 2.65 bits per heavy atom. The van der Waals surface area contributed by atoms with Gasteiger partial charge in [-0.3, -0.25) is 4.79 Å². The minimum Gasteiger partial charge on any atom is -0.497 e. The van der Waals surface area contributed by atoms with E-state index >= 15 is 0 Å². The number of hydrogen-bond donors (Lipinski definition) is 1. The van der Waals surface area contributed by atoms with E-state index in [2.05, 4.69) is 10.5 Å². The maximum Gasteiger partial charge on any atom is 0.273 e. The highest BCUT2D eigenvalue weighted by atomic mass is 16.5. The van der Waals surface area contributed by atoms with Gasteiger partial charge in [-0.25, -0.2) is 5.43 Å². The molecule has 0 saturated heterocycles. The van der Waals surface area contributed by atoms with Crippen molar-refractivity contribution in [3.05, 3.63) is 65.9 Å². The van der Waals surface area contributed by atoms with Crippen LogP contribution < -0.4 is 10.2 Å². The number of carbonyl (C=O) groups is 1. The Hall–Kier alpha value is -3.08. The molecule has 116 valence electrons. The number of ether oxygens (including phenoxy) is 1. The van der Waals surface area contributed by atoms with Gasteiger partial charge in [0.1, 0.15) is 5.75 Å². The fourth-order valence-electron chi connectivity index (χ4n) is 2.44. The molecule has 0 aliphatic heterocycles. The van der Waals surface area contributed by atoms with E-state index in [0.29, 0.717) is 5.56 Å². The molecule has 5 nitrogen and oxygen atoms in total. The Kier molecular flexibility index (Phi) is 4.10. The molecule has 1 N–H and O–H groups in total. The SMILES string of the molecule is COc1ccc(/C=N\NC(=O)c2cn(C)c3ccccc23)cc1. The maximum absolute atomic E-state index is 12.3. The Balaban J connectivity index is 1.74. The lowest BCUT2D eigenvalue weighted by atomic mass is 10.2. The average Bonchev–Trinajstić information content (AvgIpc) is 2.93. The number of carbonyl (C=O) groups excluding carboxylic acids is 1. The summed E-state index contributed by atoms with van der Waals surface area (Å²) in [4.78, 5) is 12.3. The van der Waals surface area contributed by atoms with Gasteiger partial charge in [-0.15, -0.1) is 0 Å². The third-order valence-corrected chi connectivity index (χ3v) is 3.64. The van der Waals surface area contributed by atoms with Crippen LogP contribution in [0.3, 0.4) is 0 Å². The zero-order chi connectivity index (χ0) is 16.2. The monoisotopic (exact) mass is 307 g/mol. The quantitative estimate of drug-likeness (QED) is 0.595. The minimum absolute atomic E-state index is 0.230. The van der Waals surface area contributed by atoms with Crippen LogP contribution in [0, 0.1) is 0 Å². The summed E-state index contributed by atoms with van der Waals surface area (Å²) in [7, 11) is 3.53. The van der Waals surface area contributed by atoms with Gasteiger partial charge in [0.25, 0.3) is 5.91 Å². The van der Waals surface area contributed by atoms with Gasteiger partial charge in [-0.2, -0.15) is 5.10 Å². The second kappa shape index (κ2) is 6.36. The summed E-state index contributed by atoms with van der Waals surface area (Å²) in [6, 6.07) is 15.2. The number of nitrogens with zero attached hydrogens (tertiary/aromatic N) is 2. The molecule has 0 bridgehead atoms. The molecular formula is C18H17N3O2. The van der Waals surface area contributed by atoms with Crippen molar-refractivity contribution in [3.63, 3.8) is 0 Å². The van der Waals surface area contributed by atoms with E-state index in [9.17, 15) is 4.79 Å². The van der Waals surface area contributed by atoms with Crippen molar-refractivity contribution in [1.82, 2.24) is 9.99 Å². The summed E-state index contributed by atoms with van der Waals surface area (Å²) in [5.74, 6) is 0.550. The minimum atomic E-state index is -0.230. The van der Waals surface area contributed by atoms with Crippen LogP contribution in [0.2, 0.25) is 0 Å². The number of aryl methyl sites for hydroxylation is 1. The number of amides is 1. The average molecular weight is 307 g/mol. The van der Waals surface area contributed by atoms with Crippen molar-refractivity contribution in [2.75, 3.05) is 7.11 Å². The van der Waals surface area contributed by atoms with E-state index in [4.69, 9.17) is 4.74 Å². The first-order valence-corrected chi connectivity index (χ1v) is 7.20. The van der Waals surface area contributed by atoms with E-state index < -0.39 is 0 Å². The molecule has 5 heteroatoms. The molecule has 3 aromatic rings. The predicted molar refractivity (Wildman–Crippen MR) is 91.0 cm³/mol. The molecule has 0 aliphatic carbocycles. The van der Waals surface area contributed by atoms with Crippen LogP contribution >= 0.6 is 0 Å². The van der Waals surface area contributed by atoms with Crippen LogP contribution in [0.1, 0.15) is 15.9 Å². The predicted octanol–water partition coefficient (Wildman–Crippen LogP) is 2.95. The third kappa shape index (κ3) is 3.08. The Morgan fingerprint density at radius 2 is 1.91 bits per heavy atom. The van der Waals surface area contributed by atoms with Crippen LogP contribution in [0.5, 0.6) is 5.75 Å².